The van der Waals surface area contributed by atoms with Gasteiger partial charge < -0.3 is 4.74 Å². The minimum Gasteiger partial charge on any atom is -0.402 e. The van der Waals surface area contributed by atoms with Crippen LogP contribution in [0, 0.1) is 0 Å². The molecular formula is C7H3ClF3NO2. The summed E-state index contributed by atoms with van der Waals surface area (Å²) in [4.78, 5) is 13.5. The molecular weight excluding hydrogens is 223 g/mol. The zero-order valence-electron chi connectivity index (χ0n) is 6.51. The number of halogens is 4. The highest BCUT2D eigenvalue weighted by molar-refractivity contribution is 6.30. The summed E-state index contributed by atoms with van der Waals surface area (Å²) in [6.07, 6.45) is -4.46. The van der Waals surface area contributed by atoms with Crippen LogP contribution in [0.15, 0.2) is 12.1 Å². The molecule has 0 spiro atoms. The van der Waals surface area contributed by atoms with Crippen molar-refractivity contribution in [2.75, 3.05) is 0 Å². The van der Waals surface area contributed by atoms with Crippen LogP contribution in [-0.2, 0) is 0 Å². The summed E-state index contributed by atoms with van der Waals surface area (Å²) >= 11 is 5.32. The van der Waals surface area contributed by atoms with Gasteiger partial charge in [-0.3, -0.25) is 4.79 Å². The Morgan fingerprint density at radius 2 is 2.07 bits per heavy atom. The van der Waals surface area contributed by atoms with Crippen molar-refractivity contribution in [1.29, 1.82) is 0 Å². The lowest BCUT2D eigenvalue weighted by atomic mass is 10.4. The van der Waals surface area contributed by atoms with Crippen molar-refractivity contribution in [1.82, 2.24) is 4.98 Å². The fourth-order valence-electron chi connectivity index (χ4n) is 0.702. The molecule has 14 heavy (non-hydrogen) atoms. The van der Waals surface area contributed by atoms with Crippen molar-refractivity contribution in [2.45, 2.75) is 6.36 Å². The number of ether oxygens (including phenoxy) is 1. The van der Waals surface area contributed by atoms with Gasteiger partial charge in [0.15, 0.2) is 17.2 Å². The van der Waals surface area contributed by atoms with E-state index in [9.17, 15) is 18.0 Å². The van der Waals surface area contributed by atoms with Gasteiger partial charge in [0, 0.05) is 0 Å². The fraction of sp³-hybridized carbons (Fsp3) is 0.143. The SMILES string of the molecule is O=Cc1ccc(OC(F)(F)F)c(Cl)n1. The summed E-state index contributed by atoms with van der Waals surface area (Å²) in [5, 5.41) is -0.507. The predicted octanol–water partition coefficient (Wildman–Crippen LogP) is 2.45. The van der Waals surface area contributed by atoms with Gasteiger partial charge in [-0.05, 0) is 12.1 Å². The monoisotopic (exact) mass is 225 g/mol. The first-order valence-electron chi connectivity index (χ1n) is 3.30. The number of pyridine rings is 1. The first-order valence-corrected chi connectivity index (χ1v) is 3.67. The van der Waals surface area contributed by atoms with Crippen molar-refractivity contribution in [2.24, 2.45) is 0 Å². The molecule has 0 bridgehead atoms. The number of hydrogen-bond donors (Lipinski definition) is 0. The Balaban J connectivity index is 2.95. The average Bonchev–Trinajstić information content (AvgIpc) is 2.06. The molecule has 1 aromatic rings. The topological polar surface area (TPSA) is 39.2 Å². The summed E-state index contributed by atoms with van der Waals surface area (Å²) in [6, 6.07) is 1.99. The van der Waals surface area contributed by atoms with Crippen molar-refractivity contribution in [3.05, 3.63) is 23.0 Å². The first kappa shape index (κ1) is 10.8. The normalized spacial score (nSPS) is 11.1. The minimum absolute atomic E-state index is 0.0653. The molecule has 3 nitrogen and oxygen atoms in total. The highest BCUT2D eigenvalue weighted by Crippen LogP contribution is 2.28. The van der Waals surface area contributed by atoms with E-state index in [1.54, 1.807) is 0 Å². The number of carbonyl (C=O) groups excluding carboxylic acids is 1. The average molecular weight is 226 g/mol. The molecule has 0 saturated carbocycles. The Morgan fingerprint density at radius 1 is 1.43 bits per heavy atom. The molecule has 0 aliphatic heterocycles. The molecule has 0 fully saturated rings. The first-order chi connectivity index (χ1) is 6.42. The van der Waals surface area contributed by atoms with Crippen molar-refractivity contribution < 1.29 is 22.7 Å². The Labute approximate surface area is 81.5 Å². The van der Waals surface area contributed by atoms with Crippen molar-refractivity contribution >= 4 is 17.9 Å². The van der Waals surface area contributed by atoms with Gasteiger partial charge in [0.1, 0.15) is 5.69 Å². The van der Waals surface area contributed by atoms with Gasteiger partial charge in [0.25, 0.3) is 0 Å². The maximum atomic E-state index is 11.7. The van der Waals surface area contributed by atoms with E-state index < -0.39 is 17.3 Å². The maximum absolute atomic E-state index is 11.7. The molecule has 0 amide bonds. The summed E-state index contributed by atoms with van der Waals surface area (Å²) < 4.78 is 38.7. The standard InChI is InChI=1S/C7H3ClF3NO2/c8-6-5(14-7(9,10)11)2-1-4(3-13)12-6/h1-3H. The number of aldehydes is 1. The van der Waals surface area contributed by atoms with Crippen molar-refractivity contribution in [3.63, 3.8) is 0 Å². The van der Waals surface area contributed by atoms with E-state index in [4.69, 9.17) is 11.6 Å². The minimum atomic E-state index is -4.83. The lowest BCUT2D eigenvalue weighted by Gasteiger charge is -2.09. The Hall–Kier alpha value is -1.30. The molecule has 1 aromatic heterocycles. The molecule has 0 N–H and O–H groups in total. The number of carbonyl (C=O) groups is 1. The summed E-state index contributed by atoms with van der Waals surface area (Å²) in [5.74, 6) is -0.634. The second-order valence-corrected chi connectivity index (χ2v) is 2.55. The lowest BCUT2D eigenvalue weighted by Crippen LogP contribution is -2.17. The van der Waals surface area contributed by atoms with Crippen LogP contribution in [-0.4, -0.2) is 17.6 Å². The Morgan fingerprint density at radius 3 is 2.50 bits per heavy atom. The highest BCUT2D eigenvalue weighted by atomic mass is 35.5. The highest BCUT2D eigenvalue weighted by Gasteiger charge is 2.32. The molecule has 7 heteroatoms. The third-order valence-corrected chi connectivity index (χ3v) is 1.45. The molecule has 76 valence electrons. The Bertz CT molecular complexity index is 353. The van der Waals surface area contributed by atoms with Crippen LogP contribution in [0.2, 0.25) is 5.15 Å². The zero-order chi connectivity index (χ0) is 10.8. The quantitative estimate of drug-likeness (QED) is 0.573. The number of alkyl halides is 3. The van der Waals surface area contributed by atoms with E-state index in [0.717, 1.165) is 12.1 Å². The van der Waals surface area contributed by atoms with E-state index in [1.807, 2.05) is 0 Å². The number of nitrogens with zero attached hydrogens (tertiary/aromatic N) is 1. The molecule has 0 saturated heterocycles. The van der Waals surface area contributed by atoms with Crippen LogP contribution < -0.4 is 4.74 Å². The van der Waals surface area contributed by atoms with E-state index in [-0.39, 0.29) is 5.69 Å². The summed E-state index contributed by atoms with van der Waals surface area (Å²) in [5.41, 5.74) is -0.0653. The van der Waals surface area contributed by atoms with Gasteiger partial charge in [0.05, 0.1) is 0 Å². The van der Waals surface area contributed by atoms with Crippen LogP contribution in [0.25, 0.3) is 0 Å². The second kappa shape index (κ2) is 3.83. The summed E-state index contributed by atoms with van der Waals surface area (Å²) in [6.45, 7) is 0. The van der Waals surface area contributed by atoms with E-state index in [1.165, 1.54) is 0 Å². The molecule has 1 rings (SSSR count). The number of aromatic nitrogens is 1. The lowest BCUT2D eigenvalue weighted by molar-refractivity contribution is -0.274. The van der Waals surface area contributed by atoms with Crippen LogP contribution in [0.5, 0.6) is 5.75 Å². The third-order valence-electron chi connectivity index (χ3n) is 1.18. The van der Waals surface area contributed by atoms with Crippen LogP contribution in [0.3, 0.4) is 0 Å². The third kappa shape index (κ3) is 2.88. The molecule has 0 radical (unpaired) electrons. The molecule has 0 atom stereocenters. The zero-order valence-corrected chi connectivity index (χ0v) is 7.26. The smallest absolute Gasteiger partial charge is 0.402 e. The van der Waals surface area contributed by atoms with E-state index in [0.29, 0.717) is 6.29 Å². The molecule has 0 aliphatic rings. The van der Waals surface area contributed by atoms with Gasteiger partial charge in [-0.1, -0.05) is 11.6 Å². The van der Waals surface area contributed by atoms with Gasteiger partial charge >= 0.3 is 6.36 Å². The van der Waals surface area contributed by atoms with Crippen molar-refractivity contribution in [3.8, 4) is 5.75 Å². The van der Waals surface area contributed by atoms with Crippen LogP contribution in [0.4, 0.5) is 13.2 Å². The molecule has 1 heterocycles. The number of hydrogen-bond acceptors (Lipinski definition) is 3. The van der Waals surface area contributed by atoms with Crippen LogP contribution in [0.1, 0.15) is 10.5 Å². The fourth-order valence-corrected chi connectivity index (χ4v) is 0.901. The number of rotatable bonds is 2. The van der Waals surface area contributed by atoms with E-state index >= 15 is 0 Å². The van der Waals surface area contributed by atoms with Crippen LogP contribution >= 0.6 is 11.6 Å². The second-order valence-electron chi connectivity index (χ2n) is 2.19. The molecule has 0 aromatic carbocycles. The van der Waals surface area contributed by atoms with Gasteiger partial charge in [-0.25, -0.2) is 4.98 Å². The maximum Gasteiger partial charge on any atom is 0.573 e. The molecule has 0 unspecified atom stereocenters. The predicted molar refractivity (Wildman–Crippen MR) is 41.3 cm³/mol. The van der Waals surface area contributed by atoms with Gasteiger partial charge in [-0.2, -0.15) is 0 Å². The summed E-state index contributed by atoms with van der Waals surface area (Å²) in [7, 11) is 0. The van der Waals surface area contributed by atoms with Gasteiger partial charge in [0.2, 0.25) is 0 Å². The molecule has 0 aliphatic carbocycles. The largest absolute Gasteiger partial charge is 0.573 e. The Kier molecular flexibility index (Phi) is 2.95. The van der Waals surface area contributed by atoms with Gasteiger partial charge in [-0.15, -0.1) is 13.2 Å². The van der Waals surface area contributed by atoms with E-state index in [2.05, 4.69) is 9.72 Å².